The standard InChI is InChI=1S/C11H13F3N2OS/c12-11(13,14)9-15-5-8(18-9)10(17)3-6-1-2-7(4-10)16-6/h5-7,16-17H,1-4H2. The molecule has 3 nitrogen and oxygen atoms in total. The van der Waals surface area contributed by atoms with Crippen molar-refractivity contribution in [2.24, 2.45) is 0 Å². The first-order valence-corrected chi connectivity index (χ1v) is 6.70. The summed E-state index contributed by atoms with van der Waals surface area (Å²) in [6.07, 6.45) is -0.328. The molecule has 0 amide bonds. The maximum atomic E-state index is 12.5. The van der Waals surface area contributed by atoms with E-state index in [4.69, 9.17) is 0 Å². The van der Waals surface area contributed by atoms with Crippen LogP contribution in [-0.4, -0.2) is 22.2 Å². The van der Waals surface area contributed by atoms with E-state index in [2.05, 4.69) is 10.3 Å². The number of fused-ring (bicyclic) bond motifs is 2. The van der Waals surface area contributed by atoms with Gasteiger partial charge in [0.05, 0.1) is 4.88 Å². The van der Waals surface area contributed by atoms with E-state index >= 15 is 0 Å². The molecule has 0 spiro atoms. The van der Waals surface area contributed by atoms with Crippen molar-refractivity contribution in [1.29, 1.82) is 0 Å². The third kappa shape index (κ3) is 2.04. The van der Waals surface area contributed by atoms with Crippen LogP contribution >= 0.6 is 11.3 Å². The van der Waals surface area contributed by atoms with Crippen LogP contribution in [0.25, 0.3) is 0 Å². The second-order valence-electron chi connectivity index (χ2n) is 5.11. The fraction of sp³-hybridized carbons (Fsp3) is 0.727. The molecule has 1 aromatic rings. The van der Waals surface area contributed by atoms with Gasteiger partial charge in [0.15, 0.2) is 5.01 Å². The van der Waals surface area contributed by atoms with Crippen molar-refractivity contribution in [2.75, 3.05) is 0 Å². The molecule has 0 radical (unpaired) electrons. The first-order valence-electron chi connectivity index (χ1n) is 5.89. The normalized spacial score (nSPS) is 36.0. The van der Waals surface area contributed by atoms with Crippen LogP contribution in [0, 0.1) is 0 Å². The number of halogens is 3. The zero-order valence-corrected chi connectivity index (χ0v) is 10.3. The molecule has 1 aromatic heterocycles. The van der Waals surface area contributed by atoms with Crippen LogP contribution in [0.3, 0.4) is 0 Å². The minimum Gasteiger partial charge on any atom is -0.384 e. The number of aromatic nitrogens is 1. The number of nitrogens with zero attached hydrogens (tertiary/aromatic N) is 1. The van der Waals surface area contributed by atoms with Gasteiger partial charge in [0.1, 0.15) is 5.60 Å². The van der Waals surface area contributed by atoms with Gasteiger partial charge in [-0.25, -0.2) is 4.98 Å². The zero-order valence-electron chi connectivity index (χ0n) is 9.50. The summed E-state index contributed by atoms with van der Waals surface area (Å²) >= 11 is 0.563. The van der Waals surface area contributed by atoms with E-state index in [0.717, 1.165) is 12.8 Å². The van der Waals surface area contributed by atoms with Crippen molar-refractivity contribution in [3.05, 3.63) is 16.1 Å². The summed E-state index contributed by atoms with van der Waals surface area (Å²) in [6, 6.07) is 0.426. The Bertz CT molecular complexity index is 447. The molecule has 2 unspecified atom stereocenters. The Morgan fingerprint density at radius 2 is 1.94 bits per heavy atom. The van der Waals surface area contributed by atoms with Gasteiger partial charge >= 0.3 is 6.18 Å². The van der Waals surface area contributed by atoms with E-state index in [1.165, 1.54) is 6.20 Å². The molecule has 0 aliphatic carbocycles. The van der Waals surface area contributed by atoms with Crippen molar-refractivity contribution in [2.45, 2.75) is 49.5 Å². The van der Waals surface area contributed by atoms with Crippen molar-refractivity contribution in [1.82, 2.24) is 10.3 Å². The largest absolute Gasteiger partial charge is 0.443 e. The van der Waals surface area contributed by atoms with E-state index in [0.29, 0.717) is 29.1 Å². The van der Waals surface area contributed by atoms with Gasteiger partial charge in [-0.15, -0.1) is 11.3 Å². The number of piperidine rings is 1. The van der Waals surface area contributed by atoms with Crippen molar-refractivity contribution < 1.29 is 18.3 Å². The molecule has 3 heterocycles. The molecule has 7 heteroatoms. The summed E-state index contributed by atoms with van der Waals surface area (Å²) < 4.78 is 37.5. The molecular weight excluding hydrogens is 265 g/mol. The summed E-state index contributed by atoms with van der Waals surface area (Å²) in [7, 11) is 0. The highest BCUT2D eigenvalue weighted by Gasteiger charge is 2.46. The molecule has 2 aliphatic rings. The van der Waals surface area contributed by atoms with Gasteiger partial charge in [-0.3, -0.25) is 0 Å². The van der Waals surface area contributed by atoms with E-state index in [1.54, 1.807) is 0 Å². The Kier molecular flexibility index (Phi) is 2.69. The molecule has 2 N–H and O–H groups in total. The quantitative estimate of drug-likeness (QED) is 0.828. The molecule has 2 bridgehead atoms. The third-order valence-corrected chi connectivity index (χ3v) is 4.95. The fourth-order valence-corrected chi connectivity index (χ4v) is 3.84. The lowest BCUT2D eigenvalue weighted by atomic mass is 9.86. The minimum atomic E-state index is -4.43. The van der Waals surface area contributed by atoms with Crippen LogP contribution in [0.1, 0.15) is 35.6 Å². The van der Waals surface area contributed by atoms with Crippen LogP contribution < -0.4 is 5.32 Å². The van der Waals surface area contributed by atoms with Crippen molar-refractivity contribution in [3.8, 4) is 0 Å². The zero-order chi connectivity index (χ0) is 13.0. The summed E-state index contributed by atoms with van der Waals surface area (Å²) in [5.41, 5.74) is -1.14. The average Bonchev–Trinajstić information content (AvgIpc) is 2.84. The molecule has 18 heavy (non-hydrogen) atoms. The summed E-state index contributed by atoms with van der Waals surface area (Å²) in [5, 5.41) is 13.0. The number of rotatable bonds is 1. The van der Waals surface area contributed by atoms with Crippen LogP contribution in [-0.2, 0) is 11.8 Å². The highest BCUT2D eigenvalue weighted by molar-refractivity contribution is 7.11. The lowest BCUT2D eigenvalue weighted by Crippen LogP contribution is -2.46. The minimum absolute atomic E-state index is 0.213. The lowest BCUT2D eigenvalue weighted by Gasteiger charge is -2.36. The van der Waals surface area contributed by atoms with Gasteiger partial charge in [-0.05, 0) is 25.7 Å². The van der Waals surface area contributed by atoms with Gasteiger partial charge in [0.2, 0.25) is 0 Å². The lowest BCUT2D eigenvalue weighted by molar-refractivity contribution is -0.137. The topological polar surface area (TPSA) is 45.2 Å². The Morgan fingerprint density at radius 1 is 1.33 bits per heavy atom. The molecular formula is C11H13F3N2OS. The SMILES string of the molecule is OC1(c2cnc(C(F)(F)F)s2)CC2CCC(C1)N2. The maximum absolute atomic E-state index is 12.5. The molecule has 2 atom stereocenters. The molecule has 2 aliphatic heterocycles. The van der Waals surface area contributed by atoms with Gasteiger partial charge in [0.25, 0.3) is 0 Å². The molecule has 3 rings (SSSR count). The van der Waals surface area contributed by atoms with E-state index in [-0.39, 0.29) is 12.1 Å². The summed E-state index contributed by atoms with van der Waals surface area (Å²) in [4.78, 5) is 3.73. The average molecular weight is 278 g/mol. The molecule has 2 fully saturated rings. The van der Waals surface area contributed by atoms with Crippen LogP contribution in [0.5, 0.6) is 0 Å². The number of hydrogen-bond donors (Lipinski definition) is 2. The summed E-state index contributed by atoms with van der Waals surface area (Å²) in [6.45, 7) is 0. The Labute approximate surface area is 106 Å². The third-order valence-electron chi connectivity index (χ3n) is 3.71. The van der Waals surface area contributed by atoms with Gasteiger partial charge < -0.3 is 10.4 Å². The van der Waals surface area contributed by atoms with E-state index in [9.17, 15) is 18.3 Å². The fourth-order valence-electron chi connectivity index (χ4n) is 2.94. The van der Waals surface area contributed by atoms with Crippen LogP contribution in [0.15, 0.2) is 6.20 Å². The monoisotopic (exact) mass is 278 g/mol. The first kappa shape index (κ1) is 12.4. The predicted octanol–water partition coefficient (Wildman–Crippen LogP) is 2.26. The number of alkyl halides is 3. The Balaban J connectivity index is 1.88. The summed E-state index contributed by atoms with van der Waals surface area (Å²) in [5.74, 6) is 0. The maximum Gasteiger partial charge on any atom is 0.443 e. The van der Waals surface area contributed by atoms with Gasteiger partial charge in [-0.1, -0.05) is 0 Å². The Hall–Kier alpha value is -0.660. The van der Waals surface area contributed by atoms with E-state index < -0.39 is 16.8 Å². The van der Waals surface area contributed by atoms with Crippen molar-refractivity contribution in [3.63, 3.8) is 0 Å². The Morgan fingerprint density at radius 3 is 2.44 bits per heavy atom. The number of thiazole rings is 1. The second-order valence-corrected chi connectivity index (χ2v) is 6.14. The van der Waals surface area contributed by atoms with Crippen LogP contribution in [0.2, 0.25) is 0 Å². The van der Waals surface area contributed by atoms with Gasteiger partial charge in [0, 0.05) is 18.3 Å². The number of nitrogens with one attached hydrogen (secondary N) is 1. The van der Waals surface area contributed by atoms with Crippen molar-refractivity contribution >= 4 is 11.3 Å². The molecule has 0 saturated carbocycles. The molecule has 0 aromatic carbocycles. The second kappa shape index (κ2) is 3.91. The highest BCUT2D eigenvalue weighted by Crippen LogP contribution is 2.44. The molecule has 100 valence electrons. The van der Waals surface area contributed by atoms with E-state index in [1.807, 2.05) is 0 Å². The smallest absolute Gasteiger partial charge is 0.384 e. The number of hydrogen-bond acceptors (Lipinski definition) is 4. The number of aliphatic hydroxyl groups is 1. The first-order chi connectivity index (χ1) is 8.37. The molecule has 2 saturated heterocycles. The highest BCUT2D eigenvalue weighted by atomic mass is 32.1. The van der Waals surface area contributed by atoms with Crippen LogP contribution in [0.4, 0.5) is 13.2 Å². The predicted molar refractivity (Wildman–Crippen MR) is 60.2 cm³/mol. The van der Waals surface area contributed by atoms with Gasteiger partial charge in [-0.2, -0.15) is 13.2 Å².